The van der Waals surface area contributed by atoms with Gasteiger partial charge in [-0.3, -0.25) is 0 Å². The van der Waals surface area contributed by atoms with Crippen molar-refractivity contribution in [1.29, 1.82) is 5.26 Å². The van der Waals surface area contributed by atoms with Crippen molar-refractivity contribution in [1.82, 2.24) is 0 Å². The second-order valence-electron chi connectivity index (χ2n) is 9.06. The van der Waals surface area contributed by atoms with Crippen LogP contribution in [0.1, 0.15) is 95.1 Å². The lowest BCUT2D eigenvalue weighted by atomic mass is 9.76. The third-order valence-corrected chi connectivity index (χ3v) is 7.08. The molecular formula is C26H37N. The van der Waals surface area contributed by atoms with Gasteiger partial charge in [0.1, 0.15) is 0 Å². The summed E-state index contributed by atoms with van der Waals surface area (Å²) in [5.74, 6) is 3.01. The first-order valence-corrected chi connectivity index (χ1v) is 11.4. The van der Waals surface area contributed by atoms with Crippen LogP contribution in [0.3, 0.4) is 0 Å². The Bertz CT molecular complexity index is 625. The summed E-state index contributed by atoms with van der Waals surface area (Å²) in [6, 6.07) is 10.3. The van der Waals surface area contributed by atoms with Crippen LogP contribution in [0.2, 0.25) is 0 Å². The summed E-state index contributed by atoms with van der Waals surface area (Å²) < 4.78 is 0. The molecule has 1 unspecified atom stereocenters. The molecule has 0 amide bonds. The van der Waals surface area contributed by atoms with E-state index in [9.17, 15) is 0 Å². The molecule has 3 rings (SSSR count). The van der Waals surface area contributed by atoms with Gasteiger partial charge in [-0.1, -0.05) is 75.7 Å². The van der Waals surface area contributed by atoms with Crippen molar-refractivity contribution in [3.63, 3.8) is 0 Å². The number of benzene rings is 1. The summed E-state index contributed by atoms with van der Waals surface area (Å²) in [4.78, 5) is 0. The average Bonchev–Trinajstić information content (AvgIpc) is 2.73. The molecular weight excluding hydrogens is 326 g/mol. The Hall–Kier alpha value is -1.55. The van der Waals surface area contributed by atoms with Crippen molar-refractivity contribution in [2.75, 3.05) is 0 Å². The van der Waals surface area contributed by atoms with Gasteiger partial charge in [0.2, 0.25) is 0 Å². The minimum absolute atomic E-state index is 0.761. The summed E-state index contributed by atoms with van der Waals surface area (Å²) in [6.07, 6.45) is 20.7. The zero-order valence-electron chi connectivity index (χ0n) is 17.3. The van der Waals surface area contributed by atoms with E-state index in [0.717, 1.165) is 29.7 Å². The monoisotopic (exact) mass is 363 g/mol. The van der Waals surface area contributed by atoms with Gasteiger partial charge >= 0.3 is 0 Å². The summed E-state index contributed by atoms with van der Waals surface area (Å²) in [6.45, 7) is 2.33. The van der Waals surface area contributed by atoms with Crippen molar-refractivity contribution < 1.29 is 0 Å². The highest BCUT2D eigenvalue weighted by atomic mass is 14.3. The molecule has 0 bridgehead atoms. The van der Waals surface area contributed by atoms with Crippen LogP contribution in [0.15, 0.2) is 35.9 Å². The van der Waals surface area contributed by atoms with Gasteiger partial charge in [-0.25, -0.2) is 0 Å². The Balaban J connectivity index is 1.33. The van der Waals surface area contributed by atoms with Crippen LogP contribution in [0.5, 0.6) is 0 Å². The minimum atomic E-state index is 0.761. The van der Waals surface area contributed by atoms with E-state index < -0.39 is 0 Å². The lowest BCUT2D eigenvalue weighted by Gasteiger charge is -2.30. The maximum atomic E-state index is 8.89. The lowest BCUT2D eigenvalue weighted by Crippen LogP contribution is -2.16. The summed E-state index contributed by atoms with van der Waals surface area (Å²) in [7, 11) is 0. The fourth-order valence-corrected chi connectivity index (χ4v) is 5.17. The average molecular weight is 364 g/mol. The predicted octanol–water partition coefficient (Wildman–Crippen LogP) is 7.60. The Morgan fingerprint density at radius 3 is 2.11 bits per heavy atom. The van der Waals surface area contributed by atoms with Gasteiger partial charge in [-0.15, -0.1) is 0 Å². The molecule has 0 aliphatic heterocycles. The summed E-state index contributed by atoms with van der Waals surface area (Å²) in [5, 5.41) is 8.89. The van der Waals surface area contributed by atoms with Gasteiger partial charge in [-0.05, 0) is 74.0 Å². The molecule has 27 heavy (non-hydrogen) atoms. The van der Waals surface area contributed by atoms with E-state index in [4.69, 9.17) is 5.26 Å². The van der Waals surface area contributed by atoms with Gasteiger partial charge in [-0.2, -0.15) is 5.26 Å². The summed E-state index contributed by atoms with van der Waals surface area (Å²) >= 11 is 0. The van der Waals surface area contributed by atoms with E-state index >= 15 is 0 Å². The topological polar surface area (TPSA) is 23.8 Å². The molecule has 1 nitrogen and oxygen atoms in total. The highest BCUT2D eigenvalue weighted by Crippen LogP contribution is 2.36. The zero-order chi connectivity index (χ0) is 18.9. The Morgan fingerprint density at radius 2 is 1.52 bits per heavy atom. The Kier molecular flexibility index (Phi) is 8.00. The van der Waals surface area contributed by atoms with Crippen molar-refractivity contribution in [2.24, 2.45) is 17.8 Å². The molecule has 0 aromatic heterocycles. The molecule has 1 fully saturated rings. The van der Waals surface area contributed by atoms with Gasteiger partial charge in [0.05, 0.1) is 11.6 Å². The van der Waals surface area contributed by atoms with Crippen LogP contribution in [0, 0.1) is 29.1 Å². The van der Waals surface area contributed by atoms with E-state index in [0.29, 0.717) is 0 Å². The highest BCUT2D eigenvalue weighted by Gasteiger charge is 2.22. The minimum Gasteiger partial charge on any atom is -0.192 e. The normalized spacial score (nSPS) is 25.6. The number of nitrogens with zero attached hydrogens (tertiary/aromatic N) is 1. The maximum absolute atomic E-state index is 8.89. The van der Waals surface area contributed by atoms with Crippen LogP contribution in [0.25, 0.3) is 0 Å². The van der Waals surface area contributed by atoms with E-state index in [1.54, 1.807) is 5.57 Å². The van der Waals surface area contributed by atoms with E-state index in [-0.39, 0.29) is 0 Å². The van der Waals surface area contributed by atoms with Crippen molar-refractivity contribution >= 4 is 0 Å². The van der Waals surface area contributed by atoms with Crippen LogP contribution in [0.4, 0.5) is 0 Å². The van der Waals surface area contributed by atoms with E-state index in [1.807, 2.05) is 12.1 Å². The first-order chi connectivity index (χ1) is 13.3. The molecule has 1 heteroatoms. The third kappa shape index (κ3) is 6.53. The molecule has 0 heterocycles. The van der Waals surface area contributed by atoms with Crippen LogP contribution >= 0.6 is 0 Å². The van der Waals surface area contributed by atoms with Crippen LogP contribution < -0.4 is 0 Å². The van der Waals surface area contributed by atoms with Crippen molar-refractivity contribution in [3.05, 3.63) is 47.0 Å². The molecule has 0 N–H and O–H groups in total. The number of rotatable bonds is 8. The summed E-state index contributed by atoms with van der Waals surface area (Å²) in [5.41, 5.74) is 3.78. The van der Waals surface area contributed by atoms with Crippen molar-refractivity contribution in [2.45, 2.75) is 90.4 Å². The molecule has 146 valence electrons. The molecule has 1 aromatic rings. The number of hydrogen-bond acceptors (Lipinski definition) is 1. The Labute approximate surface area is 166 Å². The SMILES string of the molecule is CCCC1CCC(CCC2CC=C(CCc3ccc(C#N)cc3)CC2)CC1. The van der Waals surface area contributed by atoms with Gasteiger partial charge in [0, 0.05) is 0 Å². The molecule has 0 radical (unpaired) electrons. The molecule has 1 saturated carbocycles. The first-order valence-electron chi connectivity index (χ1n) is 11.4. The fourth-order valence-electron chi connectivity index (χ4n) is 5.17. The number of allylic oxidation sites excluding steroid dienone is 2. The third-order valence-electron chi connectivity index (χ3n) is 7.08. The smallest absolute Gasteiger partial charge is 0.0991 e. The lowest BCUT2D eigenvalue weighted by molar-refractivity contribution is 0.236. The maximum Gasteiger partial charge on any atom is 0.0991 e. The Morgan fingerprint density at radius 1 is 0.852 bits per heavy atom. The zero-order valence-corrected chi connectivity index (χ0v) is 17.3. The van der Waals surface area contributed by atoms with Gasteiger partial charge in [0.15, 0.2) is 0 Å². The highest BCUT2D eigenvalue weighted by molar-refractivity contribution is 5.31. The van der Waals surface area contributed by atoms with Crippen LogP contribution in [-0.4, -0.2) is 0 Å². The van der Waals surface area contributed by atoms with Gasteiger partial charge in [0.25, 0.3) is 0 Å². The molecule has 0 spiro atoms. The van der Waals surface area contributed by atoms with E-state index in [1.165, 1.54) is 82.6 Å². The quantitative estimate of drug-likeness (QED) is 0.436. The van der Waals surface area contributed by atoms with E-state index in [2.05, 4.69) is 31.2 Å². The predicted molar refractivity (Wildman–Crippen MR) is 114 cm³/mol. The molecule has 2 aliphatic carbocycles. The molecule has 1 atom stereocenters. The largest absolute Gasteiger partial charge is 0.192 e. The molecule has 1 aromatic carbocycles. The number of nitriles is 1. The molecule has 0 saturated heterocycles. The van der Waals surface area contributed by atoms with Gasteiger partial charge < -0.3 is 0 Å². The fraction of sp³-hybridized carbons (Fsp3) is 0.654. The second-order valence-corrected chi connectivity index (χ2v) is 9.06. The number of hydrogen-bond donors (Lipinski definition) is 0. The molecule has 2 aliphatic rings. The standard InChI is InChI=1S/C26H37N/c1-2-3-21-4-6-22(7-5-21)8-9-23-10-12-24(13-11-23)14-15-25-16-18-26(20-27)19-17-25/h12,16-19,21-23H,2-11,13-15H2,1H3. The van der Waals surface area contributed by atoms with Crippen molar-refractivity contribution in [3.8, 4) is 6.07 Å². The number of aryl methyl sites for hydroxylation is 1. The first kappa shape index (κ1) is 20.2. The van der Waals surface area contributed by atoms with Crippen LogP contribution in [-0.2, 0) is 6.42 Å². The second kappa shape index (κ2) is 10.7.